The van der Waals surface area contributed by atoms with Crippen LogP contribution in [0.25, 0.3) is 0 Å². The van der Waals surface area contributed by atoms with Gasteiger partial charge in [0.15, 0.2) is 0 Å². The molecular weight excluding hydrogens is 300 g/mol. The number of hydrogen-bond donors (Lipinski definition) is 2. The molecule has 0 radical (unpaired) electrons. The minimum Gasteiger partial charge on any atom is -0.369 e. The summed E-state index contributed by atoms with van der Waals surface area (Å²) in [4.78, 5) is 6.02. The van der Waals surface area contributed by atoms with Gasteiger partial charge in [-0.3, -0.25) is 0 Å². The first-order valence-electron chi connectivity index (χ1n) is 6.40. The van der Waals surface area contributed by atoms with E-state index < -0.39 is 10.0 Å². The summed E-state index contributed by atoms with van der Waals surface area (Å²) < 4.78 is 26.6. The molecule has 8 heteroatoms. The number of nitrogens with zero attached hydrogens (tertiary/aromatic N) is 2. The second-order valence-electron chi connectivity index (χ2n) is 4.63. The van der Waals surface area contributed by atoms with Gasteiger partial charge < -0.3 is 10.2 Å². The summed E-state index contributed by atoms with van der Waals surface area (Å²) in [6.45, 7) is 3.72. The Labute approximate surface area is 125 Å². The van der Waals surface area contributed by atoms with E-state index in [4.69, 9.17) is 11.6 Å². The molecule has 0 aliphatic rings. The lowest BCUT2D eigenvalue weighted by Crippen LogP contribution is -2.31. The second kappa shape index (κ2) is 7.78. The van der Waals surface area contributed by atoms with Crippen LogP contribution in [0.1, 0.15) is 13.3 Å². The van der Waals surface area contributed by atoms with E-state index in [0.29, 0.717) is 23.9 Å². The summed E-state index contributed by atoms with van der Waals surface area (Å²) in [5.41, 5.74) is 0. The Morgan fingerprint density at radius 3 is 2.60 bits per heavy atom. The van der Waals surface area contributed by atoms with Gasteiger partial charge in [-0.15, -0.1) is 0 Å². The number of hydrogen-bond acceptors (Lipinski definition) is 5. The Hall–Kier alpha value is -0.890. The predicted molar refractivity (Wildman–Crippen MR) is 81.8 cm³/mol. The van der Waals surface area contributed by atoms with Gasteiger partial charge in [0.05, 0.1) is 5.02 Å². The first-order chi connectivity index (χ1) is 9.36. The number of likely N-dealkylation sites (N-methyl/N-ethyl adjacent to an activating group) is 1. The van der Waals surface area contributed by atoms with E-state index in [1.165, 1.54) is 12.3 Å². The smallest absolute Gasteiger partial charge is 0.242 e. The zero-order chi connectivity index (χ0) is 15.2. The van der Waals surface area contributed by atoms with Crippen LogP contribution < -0.4 is 10.0 Å². The lowest BCUT2D eigenvalue weighted by atomic mass is 10.4. The molecule has 1 aromatic heterocycles. The minimum absolute atomic E-state index is 0.0725. The van der Waals surface area contributed by atoms with Crippen LogP contribution in [0, 0.1) is 0 Å². The SMILES string of the molecule is CCCNc1ncc(S(=O)(=O)NCCN(C)C)cc1Cl. The fourth-order valence-electron chi connectivity index (χ4n) is 1.43. The van der Waals surface area contributed by atoms with E-state index in [0.717, 1.165) is 13.0 Å². The van der Waals surface area contributed by atoms with Gasteiger partial charge in [0.2, 0.25) is 10.0 Å². The average Bonchev–Trinajstić information content (AvgIpc) is 2.36. The van der Waals surface area contributed by atoms with Gasteiger partial charge in [0.25, 0.3) is 0 Å². The molecule has 0 aliphatic heterocycles. The molecule has 0 bridgehead atoms. The van der Waals surface area contributed by atoms with Crippen molar-refractivity contribution in [2.45, 2.75) is 18.2 Å². The molecule has 0 fully saturated rings. The molecule has 0 unspecified atom stereocenters. The molecule has 1 heterocycles. The van der Waals surface area contributed by atoms with Crippen LogP contribution >= 0.6 is 11.6 Å². The fourth-order valence-corrected chi connectivity index (χ4v) is 2.72. The van der Waals surface area contributed by atoms with Crippen LogP contribution in [0.2, 0.25) is 5.02 Å². The summed E-state index contributed by atoms with van der Waals surface area (Å²) in [6.07, 6.45) is 2.24. The van der Waals surface area contributed by atoms with Crippen LogP contribution in [0.15, 0.2) is 17.2 Å². The van der Waals surface area contributed by atoms with E-state index in [1.807, 2.05) is 25.9 Å². The Balaban J connectivity index is 2.78. The van der Waals surface area contributed by atoms with Gasteiger partial charge in [-0.05, 0) is 26.6 Å². The van der Waals surface area contributed by atoms with Gasteiger partial charge in [0.1, 0.15) is 10.7 Å². The molecule has 1 rings (SSSR count). The topological polar surface area (TPSA) is 74.3 Å². The van der Waals surface area contributed by atoms with Crippen LogP contribution in [0.4, 0.5) is 5.82 Å². The third kappa shape index (κ3) is 5.24. The maximum absolute atomic E-state index is 12.0. The Morgan fingerprint density at radius 2 is 2.05 bits per heavy atom. The first-order valence-corrected chi connectivity index (χ1v) is 8.26. The quantitative estimate of drug-likeness (QED) is 0.757. The van der Waals surface area contributed by atoms with Crippen molar-refractivity contribution in [3.63, 3.8) is 0 Å². The highest BCUT2D eigenvalue weighted by molar-refractivity contribution is 7.89. The van der Waals surface area contributed by atoms with Crippen LogP contribution in [0.5, 0.6) is 0 Å². The molecule has 0 aliphatic carbocycles. The lowest BCUT2D eigenvalue weighted by Gasteiger charge is -2.12. The summed E-state index contributed by atoms with van der Waals surface area (Å²) in [5.74, 6) is 0.501. The van der Waals surface area contributed by atoms with Crippen molar-refractivity contribution in [1.82, 2.24) is 14.6 Å². The first kappa shape index (κ1) is 17.2. The Morgan fingerprint density at radius 1 is 1.35 bits per heavy atom. The molecule has 0 saturated heterocycles. The summed E-state index contributed by atoms with van der Waals surface area (Å²) in [5, 5.41) is 3.33. The monoisotopic (exact) mass is 320 g/mol. The van der Waals surface area contributed by atoms with E-state index >= 15 is 0 Å². The molecule has 0 amide bonds. The molecule has 0 atom stereocenters. The van der Waals surface area contributed by atoms with Crippen molar-refractivity contribution in [1.29, 1.82) is 0 Å². The highest BCUT2D eigenvalue weighted by atomic mass is 35.5. The van der Waals surface area contributed by atoms with E-state index in [9.17, 15) is 8.42 Å². The van der Waals surface area contributed by atoms with E-state index in [-0.39, 0.29) is 4.90 Å². The van der Waals surface area contributed by atoms with Gasteiger partial charge in [-0.25, -0.2) is 18.1 Å². The maximum Gasteiger partial charge on any atom is 0.242 e. The maximum atomic E-state index is 12.0. The number of halogens is 1. The highest BCUT2D eigenvalue weighted by Crippen LogP contribution is 2.22. The average molecular weight is 321 g/mol. The number of rotatable bonds is 8. The van der Waals surface area contributed by atoms with Crippen LogP contribution in [-0.2, 0) is 10.0 Å². The number of aromatic nitrogens is 1. The van der Waals surface area contributed by atoms with Crippen LogP contribution in [-0.4, -0.2) is 52.0 Å². The van der Waals surface area contributed by atoms with Crippen LogP contribution in [0.3, 0.4) is 0 Å². The molecule has 0 aromatic carbocycles. The molecule has 0 spiro atoms. The molecule has 0 saturated carbocycles. The zero-order valence-corrected chi connectivity index (χ0v) is 13.6. The lowest BCUT2D eigenvalue weighted by molar-refractivity contribution is 0.412. The van der Waals surface area contributed by atoms with Crippen molar-refractivity contribution in [2.75, 3.05) is 39.0 Å². The molecule has 2 N–H and O–H groups in total. The third-order valence-corrected chi connectivity index (χ3v) is 4.24. The van der Waals surface area contributed by atoms with Crippen molar-refractivity contribution in [2.24, 2.45) is 0 Å². The summed E-state index contributed by atoms with van der Waals surface area (Å²) in [6, 6.07) is 1.41. The third-order valence-electron chi connectivity index (χ3n) is 2.52. The molecular formula is C12H21ClN4O2S. The highest BCUT2D eigenvalue weighted by Gasteiger charge is 2.16. The summed E-state index contributed by atoms with van der Waals surface area (Å²) in [7, 11) is 0.185. The largest absolute Gasteiger partial charge is 0.369 e. The van der Waals surface area contributed by atoms with E-state index in [1.54, 1.807) is 0 Å². The van der Waals surface area contributed by atoms with E-state index in [2.05, 4.69) is 15.0 Å². The number of pyridine rings is 1. The standard InChI is InChI=1S/C12H21ClN4O2S/c1-4-5-14-12-11(13)8-10(9-15-12)20(18,19)16-6-7-17(2)3/h8-9,16H,4-7H2,1-3H3,(H,14,15). The zero-order valence-electron chi connectivity index (χ0n) is 12.0. The van der Waals surface area contributed by atoms with Crippen molar-refractivity contribution in [3.8, 4) is 0 Å². The molecule has 1 aromatic rings. The van der Waals surface area contributed by atoms with Crippen molar-refractivity contribution >= 4 is 27.4 Å². The number of nitrogens with one attached hydrogen (secondary N) is 2. The number of sulfonamides is 1. The van der Waals surface area contributed by atoms with Gasteiger partial charge in [0, 0.05) is 25.8 Å². The van der Waals surface area contributed by atoms with Gasteiger partial charge in [-0.1, -0.05) is 18.5 Å². The minimum atomic E-state index is -3.57. The van der Waals surface area contributed by atoms with Crippen molar-refractivity contribution < 1.29 is 8.42 Å². The Kier molecular flexibility index (Phi) is 6.67. The molecule has 6 nitrogen and oxygen atoms in total. The van der Waals surface area contributed by atoms with Crippen molar-refractivity contribution in [3.05, 3.63) is 17.3 Å². The molecule has 20 heavy (non-hydrogen) atoms. The summed E-state index contributed by atoms with van der Waals surface area (Å²) >= 11 is 6.03. The second-order valence-corrected chi connectivity index (χ2v) is 6.80. The Bertz CT molecular complexity index is 534. The number of anilines is 1. The predicted octanol–water partition coefficient (Wildman–Crippen LogP) is 1.40. The normalized spacial score (nSPS) is 11.8. The van der Waals surface area contributed by atoms with Gasteiger partial charge in [-0.2, -0.15) is 0 Å². The van der Waals surface area contributed by atoms with Gasteiger partial charge >= 0.3 is 0 Å². The molecule has 114 valence electrons. The fraction of sp³-hybridized carbons (Fsp3) is 0.583.